The van der Waals surface area contributed by atoms with Crippen LogP contribution in [0.4, 0.5) is 0 Å². The Balaban J connectivity index is 1.88. The van der Waals surface area contributed by atoms with Crippen LogP contribution in [0, 0.1) is 0 Å². The SMILES string of the molecule is CCCCCCC(=O)c1ccc[n+](COC[n+]2ccccc2/C=N\O)c1. The third kappa shape index (κ3) is 6.37. The van der Waals surface area contributed by atoms with Gasteiger partial charge in [0.1, 0.15) is 6.21 Å². The predicted octanol–water partition coefficient (Wildman–Crippen LogP) is 2.85. The number of aromatic nitrogens is 2. The van der Waals surface area contributed by atoms with Crippen molar-refractivity contribution < 1.29 is 23.9 Å². The molecule has 6 heteroatoms. The molecular formula is C20H27N3O3+2. The van der Waals surface area contributed by atoms with Crippen molar-refractivity contribution in [3.05, 3.63) is 60.2 Å². The summed E-state index contributed by atoms with van der Waals surface area (Å²) in [7, 11) is 0. The molecule has 1 N–H and O–H groups in total. The maximum absolute atomic E-state index is 12.3. The Bertz CT molecular complexity index is 732. The summed E-state index contributed by atoms with van der Waals surface area (Å²) in [6.07, 6.45) is 11.9. The first-order chi connectivity index (χ1) is 12.7. The summed E-state index contributed by atoms with van der Waals surface area (Å²) in [6, 6.07) is 9.28. The number of nitrogens with zero attached hydrogens (tertiary/aromatic N) is 3. The summed E-state index contributed by atoms with van der Waals surface area (Å²) in [5.74, 6) is 0.175. The van der Waals surface area contributed by atoms with Gasteiger partial charge in [0.25, 0.3) is 13.5 Å². The number of oxime groups is 1. The lowest BCUT2D eigenvalue weighted by atomic mass is 10.1. The standard InChI is InChI=1S/C20H26N3O3/c1-2-3-4-5-11-20(24)18-9-8-12-22(15-18)16-26-17-23-13-7-6-10-19(23)14-21-25/h6-10,12-15H,2-5,11,16-17H2,1H3/q+1/p+1. The van der Waals surface area contributed by atoms with Gasteiger partial charge in [-0.3, -0.25) is 9.53 Å². The van der Waals surface area contributed by atoms with E-state index in [1.807, 2.05) is 58.1 Å². The molecule has 0 fully saturated rings. The van der Waals surface area contributed by atoms with Crippen molar-refractivity contribution in [3.8, 4) is 0 Å². The molecule has 2 rings (SSSR count). The first kappa shape index (κ1) is 19.7. The number of ketones is 1. The van der Waals surface area contributed by atoms with Gasteiger partial charge in [-0.1, -0.05) is 31.3 Å². The summed E-state index contributed by atoms with van der Waals surface area (Å²) < 4.78 is 9.38. The first-order valence-electron chi connectivity index (χ1n) is 9.00. The van der Waals surface area contributed by atoms with Crippen molar-refractivity contribution in [2.45, 2.75) is 52.5 Å². The Labute approximate surface area is 154 Å². The van der Waals surface area contributed by atoms with Gasteiger partial charge in [0.05, 0.1) is 5.56 Å². The molecule has 0 saturated heterocycles. The molecule has 2 aromatic heterocycles. The second kappa shape index (κ2) is 11.1. The normalized spacial score (nSPS) is 11.1. The van der Waals surface area contributed by atoms with Crippen LogP contribution in [-0.4, -0.2) is 17.2 Å². The zero-order valence-corrected chi connectivity index (χ0v) is 15.3. The van der Waals surface area contributed by atoms with Crippen LogP contribution in [0.5, 0.6) is 0 Å². The number of rotatable bonds is 11. The van der Waals surface area contributed by atoms with Crippen LogP contribution in [0.1, 0.15) is 55.1 Å². The molecule has 138 valence electrons. The lowest BCUT2D eigenvalue weighted by Gasteiger charge is -2.02. The smallest absolute Gasteiger partial charge is 0.258 e. The third-order valence-electron chi connectivity index (χ3n) is 4.07. The number of carbonyl (C=O) groups is 1. The number of ether oxygens (including phenoxy) is 1. The number of pyridine rings is 2. The van der Waals surface area contributed by atoms with E-state index in [9.17, 15) is 4.79 Å². The van der Waals surface area contributed by atoms with E-state index in [0.717, 1.165) is 18.5 Å². The molecule has 0 amide bonds. The van der Waals surface area contributed by atoms with Crippen LogP contribution in [0.2, 0.25) is 0 Å². The van der Waals surface area contributed by atoms with Crippen molar-refractivity contribution in [2.24, 2.45) is 5.16 Å². The van der Waals surface area contributed by atoms with Crippen LogP contribution in [0.25, 0.3) is 0 Å². The van der Waals surface area contributed by atoms with Crippen LogP contribution in [0.15, 0.2) is 54.1 Å². The van der Waals surface area contributed by atoms with E-state index in [2.05, 4.69) is 12.1 Å². The van der Waals surface area contributed by atoms with Crippen molar-refractivity contribution >= 4 is 12.0 Å². The van der Waals surface area contributed by atoms with Crippen molar-refractivity contribution in [1.29, 1.82) is 0 Å². The van der Waals surface area contributed by atoms with E-state index >= 15 is 0 Å². The van der Waals surface area contributed by atoms with Gasteiger partial charge in [0.15, 0.2) is 24.4 Å². The molecule has 0 aliphatic rings. The zero-order chi connectivity index (χ0) is 18.6. The highest BCUT2D eigenvalue weighted by Crippen LogP contribution is 2.07. The Morgan fingerprint density at radius 2 is 2.04 bits per heavy atom. The average molecular weight is 357 g/mol. The molecule has 0 atom stereocenters. The Morgan fingerprint density at radius 1 is 1.15 bits per heavy atom. The van der Waals surface area contributed by atoms with Gasteiger partial charge in [0, 0.05) is 24.6 Å². The second-order valence-corrected chi connectivity index (χ2v) is 6.14. The van der Waals surface area contributed by atoms with Crippen molar-refractivity contribution in [3.63, 3.8) is 0 Å². The molecule has 0 unspecified atom stereocenters. The van der Waals surface area contributed by atoms with Gasteiger partial charge < -0.3 is 5.21 Å². The molecule has 2 heterocycles. The van der Waals surface area contributed by atoms with Crippen LogP contribution < -0.4 is 9.13 Å². The highest BCUT2D eigenvalue weighted by Gasteiger charge is 2.12. The summed E-state index contributed by atoms with van der Waals surface area (Å²) >= 11 is 0. The fourth-order valence-corrected chi connectivity index (χ4v) is 2.65. The summed E-state index contributed by atoms with van der Waals surface area (Å²) in [6.45, 7) is 2.80. The predicted molar refractivity (Wildman–Crippen MR) is 96.8 cm³/mol. The Hall–Kier alpha value is -2.60. The molecule has 0 aromatic carbocycles. The van der Waals surface area contributed by atoms with Gasteiger partial charge >= 0.3 is 0 Å². The van der Waals surface area contributed by atoms with E-state index in [-0.39, 0.29) is 5.78 Å². The molecule has 0 aliphatic heterocycles. The van der Waals surface area contributed by atoms with Gasteiger partial charge in [-0.2, -0.15) is 9.13 Å². The minimum Gasteiger partial charge on any atom is -0.411 e. The molecule has 2 aromatic rings. The molecule has 6 nitrogen and oxygen atoms in total. The van der Waals surface area contributed by atoms with Crippen LogP contribution in [-0.2, 0) is 18.2 Å². The van der Waals surface area contributed by atoms with Gasteiger partial charge in [0.2, 0.25) is 5.69 Å². The summed E-state index contributed by atoms with van der Waals surface area (Å²) in [5, 5.41) is 11.8. The topological polar surface area (TPSA) is 66.7 Å². The monoisotopic (exact) mass is 357 g/mol. The maximum Gasteiger partial charge on any atom is 0.258 e. The van der Waals surface area contributed by atoms with Gasteiger partial charge in [-0.25, -0.2) is 0 Å². The van der Waals surface area contributed by atoms with E-state index < -0.39 is 0 Å². The van der Waals surface area contributed by atoms with E-state index in [4.69, 9.17) is 9.94 Å². The quantitative estimate of drug-likeness (QED) is 0.168. The van der Waals surface area contributed by atoms with Gasteiger partial charge in [-0.05, 0) is 18.6 Å². The van der Waals surface area contributed by atoms with E-state index in [0.29, 0.717) is 25.4 Å². The number of carbonyl (C=O) groups excluding carboxylic acids is 1. The third-order valence-corrected chi connectivity index (χ3v) is 4.07. The number of hydrogen-bond acceptors (Lipinski definition) is 4. The second-order valence-electron chi connectivity index (χ2n) is 6.14. The van der Waals surface area contributed by atoms with Crippen molar-refractivity contribution in [1.82, 2.24) is 0 Å². The lowest BCUT2D eigenvalue weighted by molar-refractivity contribution is -0.788. The number of hydrogen-bond donors (Lipinski definition) is 1. The zero-order valence-electron chi connectivity index (χ0n) is 15.3. The molecular weight excluding hydrogens is 330 g/mol. The minimum absolute atomic E-state index is 0.175. The largest absolute Gasteiger partial charge is 0.411 e. The fraction of sp³-hybridized carbons (Fsp3) is 0.400. The highest BCUT2D eigenvalue weighted by atomic mass is 16.5. The molecule has 0 bridgehead atoms. The fourth-order valence-electron chi connectivity index (χ4n) is 2.65. The lowest BCUT2D eigenvalue weighted by Crippen LogP contribution is -2.43. The molecule has 26 heavy (non-hydrogen) atoms. The Morgan fingerprint density at radius 3 is 2.85 bits per heavy atom. The molecule has 0 spiro atoms. The Kier molecular flexibility index (Phi) is 8.42. The molecule has 0 radical (unpaired) electrons. The van der Waals surface area contributed by atoms with Crippen LogP contribution >= 0.6 is 0 Å². The summed E-state index contributed by atoms with van der Waals surface area (Å²) in [5.41, 5.74) is 1.45. The summed E-state index contributed by atoms with van der Waals surface area (Å²) in [4.78, 5) is 12.3. The van der Waals surface area contributed by atoms with Crippen molar-refractivity contribution in [2.75, 3.05) is 0 Å². The molecule has 0 saturated carbocycles. The minimum atomic E-state index is 0.175. The van der Waals surface area contributed by atoms with Gasteiger partial charge in [-0.15, -0.1) is 0 Å². The number of Topliss-reactive ketones (excluding diaryl/α,β-unsaturated/α-hetero) is 1. The van der Waals surface area contributed by atoms with Crippen LogP contribution in [0.3, 0.4) is 0 Å². The molecule has 0 aliphatic carbocycles. The highest BCUT2D eigenvalue weighted by molar-refractivity contribution is 5.95. The van der Waals surface area contributed by atoms with E-state index in [1.54, 1.807) is 0 Å². The first-order valence-corrected chi connectivity index (χ1v) is 9.00. The average Bonchev–Trinajstić information content (AvgIpc) is 2.67. The number of unbranched alkanes of at least 4 members (excludes halogenated alkanes) is 3. The van der Waals surface area contributed by atoms with E-state index in [1.165, 1.54) is 19.1 Å². The maximum atomic E-state index is 12.3.